The van der Waals surface area contributed by atoms with Crippen molar-refractivity contribution in [1.82, 2.24) is 14.7 Å². The average Bonchev–Trinajstić information content (AvgIpc) is 3.04. The zero-order valence-corrected chi connectivity index (χ0v) is 13.7. The predicted octanol–water partition coefficient (Wildman–Crippen LogP) is 2.05. The van der Waals surface area contributed by atoms with Crippen molar-refractivity contribution in [3.8, 4) is 11.4 Å². The van der Waals surface area contributed by atoms with Gasteiger partial charge in [0.25, 0.3) is 5.91 Å². The van der Waals surface area contributed by atoms with Gasteiger partial charge in [0.2, 0.25) is 0 Å². The lowest BCUT2D eigenvalue weighted by atomic mass is 10.2. The Morgan fingerprint density at radius 3 is 2.96 bits per heavy atom. The normalized spacial score (nSPS) is 18.0. The fourth-order valence-corrected chi connectivity index (χ4v) is 2.73. The van der Waals surface area contributed by atoms with Crippen LogP contribution in [0, 0.1) is 6.92 Å². The van der Waals surface area contributed by atoms with E-state index in [2.05, 4.69) is 5.10 Å². The molecule has 2 aromatic rings. The Balaban J connectivity index is 1.88. The molecule has 0 aliphatic carbocycles. The van der Waals surface area contributed by atoms with Crippen molar-refractivity contribution in [1.29, 1.82) is 0 Å². The van der Waals surface area contributed by atoms with E-state index < -0.39 is 0 Å². The van der Waals surface area contributed by atoms with Crippen molar-refractivity contribution in [2.75, 3.05) is 26.9 Å². The molecule has 23 heavy (non-hydrogen) atoms. The second-order valence-electron chi connectivity index (χ2n) is 5.74. The largest absolute Gasteiger partial charge is 0.494 e. The van der Waals surface area contributed by atoms with Gasteiger partial charge in [0.15, 0.2) is 5.69 Å². The zero-order chi connectivity index (χ0) is 16.4. The first-order chi connectivity index (χ1) is 11.1. The van der Waals surface area contributed by atoms with E-state index in [4.69, 9.17) is 9.47 Å². The van der Waals surface area contributed by atoms with Crippen molar-refractivity contribution in [3.63, 3.8) is 0 Å². The summed E-state index contributed by atoms with van der Waals surface area (Å²) in [6, 6.07) is 7.67. The molecule has 1 aromatic carbocycles. The fourth-order valence-electron chi connectivity index (χ4n) is 2.73. The van der Waals surface area contributed by atoms with Crippen molar-refractivity contribution in [2.45, 2.75) is 19.9 Å². The van der Waals surface area contributed by atoms with E-state index >= 15 is 0 Å². The molecule has 122 valence electrons. The molecule has 6 heteroatoms. The lowest BCUT2D eigenvalue weighted by Gasteiger charge is -2.32. The molecule has 1 fully saturated rings. The molecule has 1 aliphatic heterocycles. The molecule has 1 saturated heterocycles. The highest BCUT2D eigenvalue weighted by Crippen LogP contribution is 2.23. The molecule has 0 saturated carbocycles. The van der Waals surface area contributed by atoms with Crippen LogP contribution >= 0.6 is 0 Å². The number of morpholine rings is 1. The Morgan fingerprint density at radius 2 is 2.22 bits per heavy atom. The number of hydrogen-bond donors (Lipinski definition) is 0. The van der Waals surface area contributed by atoms with Gasteiger partial charge in [0, 0.05) is 12.7 Å². The lowest BCUT2D eigenvalue weighted by molar-refractivity contribution is 0.00325. The van der Waals surface area contributed by atoms with Gasteiger partial charge in [-0.1, -0.05) is 6.07 Å². The van der Waals surface area contributed by atoms with Gasteiger partial charge >= 0.3 is 0 Å². The number of carbonyl (C=O) groups is 1. The maximum absolute atomic E-state index is 12.6. The number of rotatable bonds is 3. The summed E-state index contributed by atoms with van der Waals surface area (Å²) in [5.74, 6) is 0.656. The average molecular weight is 315 g/mol. The van der Waals surface area contributed by atoms with Crippen LogP contribution in [-0.4, -0.2) is 53.5 Å². The number of aryl methyl sites for hydroxylation is 1. The second-order valence-corrected chi connectivity index (χ2v) is 5.74. The molecule has 1 aromatic heterocycles. The highest BCUT2D eigenvalue weighted by molar-refractivity contribution is 5.92. The molecule has 0 N–H and O–H groups in total. The molecular formula is C17H21N3O3. The minimum atomic E-state index is -0.0637. The molecule has 2 heterocycles. The molecule has 6 nitrogen and oxygen atoms in total. The van der Waals surface area contributed by atoms with E-state index in [0.29, 0.717) is 25.5 Å². The fraction of sp³-hybridized carbons (Fsp3) is 0.412. The third-order valence-electron chi connectivity index (χ3n) is 4.02. The van der Waals surface area contributed by atoms with Gasteiger partial charge < -0.3 is 14.4 Å². The number of hydrogen-bond acceptors (Lipinski definition) is 4. The maximum atomic E-state index is 12.6. The van der Waals surface area contributed by atoms with Crippen LogP contribution in [0.25, 0.3) is 5.69 Å². The highest BCUT2D eigenvalue weighted by atomic mass is 16.5. The van der Waals surface area contributed by atoms with E-state index in [1.165, 1.54) is 0 Å². The van der Waals surface area contributed by atoms with Crippen molar-refractivity contribution >= 4 is 5.91 Å². The van der Waals surface area contributed by atoms with Crippen LogP contribution in [0.5, 0.6) is 5.75 Å². The first-order valence-electron chi connectivity index (χ1n) is 7.69. The van der Waals surface area contributed by atoms with Gasteiger partial charge in [-0.2, -0.15) is 5.10 Å². The van der Waals surface area contributed by atoms with Gasteiger partial charge in [0.05, 0.1) is 26.4 Å². The van der Waals surface area contributed by atoms with Crippen molar-refractivity contribution in [3.05, 3.63) is 41.7 Å². The monoisotopic (exact) mass is 315 g/mol. The summed E-state index contributed by atoms with van der Waals surface area (Å²) >= 11 is 0. The van der Waals surface area contributed by atoms with Crippen LogP contribution in [0.1, 0.15) is 23.0 Å². The summed E-state index contributed by atoms with van der Waals surface area (Å²) in [5.41, 5.74) is 2.36. The quantitative estimate of drug-likeness (QED) is 0.870. The van der Waals surface area contributed by atoms with Crippen LogP contribution in [0.3, 0.4) is 0 Å². The van der Waals surface area contributed by atoms with Crippen molar-refractivity contribution < 1.29 is 14.3 Å². The number of ether oxygens (including phenoxy) is 2. The third kappa shape index (κ3) is 3.07. The summed E-state index contributed by atoms with van der Waals surface area (Å²) in [5, 5.41) is 4.44. The van der Waals surface area contributed by atoms with Crippen LogP contribution in [0.15, 0.2) is 30.5 Å². The van der Waals surface area contributed by atoms with Crippen molar-refractivity contribution in [2.24, 2.45) is 0 Å². The van der Waals surface area contributed by atoms with Gasteiger partial charge in [-0.25, -0.2) is 4.68 Å². The SMILES string of the molecule is COc1ccc(C)cc1-n1ccc(C(=O)N2CCOC[C@@H]2C)n1. The van der Waals surface area contributed by atoms with E-state index in [-0.39, 0.29) is 11.9 Å². The molecule has 1 amide bonds. The molecule has 0 unspecified atom stereocenters. The molecule has 0 spiro atoms. The molecule has 1 atom stereocenters. The number of methoxy groups -OCH3 is 1. The Hall–Kier alpha value is -2.34. The summed E-state index contributed by atoms with van der Waals surface area (Å²) in [4.78, 5) is 14.4. The molecule has 0 bridgehead atoms. The van der Waals surface area contributed by atoms with Crippen LogP contribution in [-0.2, 0) is 4.74 Å². The first kappa shape index (κ1) is 15.6. The number of nitrogens with zero attached hydrogens (tertiary/aromatic N) is 3. The topological polar surface area (TPSA) is 56.6 Å². The third-order valence-corrected chi connectivity index (χ3v) is 4.02. The Morgan fingerprint density at radius 1 is 1.39 bits per heavy atom. The van der Waals surface area contributed by atoms with Crippen LogP contribution in [0.2, 0.25) is 0 Å². The second kappa shape index (κ2) is 6.42. The summed E-state index contributed by atoms with van der Waals surface area (Å²) < 4.78 is 12.4. The smallest absolute Gasteiger partial charge is 0.274 e. The molecule has 3 rings (SSSR count). The Kier molecular flexibility index (Phi) is 4.34. The lowest BCUT2D eigenvalue weighted by Crippen LogP contribution is -2.47. The van der Waals surface area contributed by atoms with E-state index in [1.54, 1.807) is 24.1 Å². The van der Waals surface area contributed by atoms with E-state index in [0.717, 1.165) is 17.0 Å². The minimum Gasteiger partial charge on any atom is -0.494 e. The zero-order valence-electron chi connectivity index (χ0n) is 13.7. The Bertz CT molecular complexity index is 711. The molecular weight excluding hydrogens is 294 g/mol. The molecule has 1 aliphatic rings. The van der Waals surface area contributed by atoms with Crippen LogP contribution in [0.4, 0.5) is 0 Å². The molecule has 0 radical (unpaired) electrons. The van der Waals surface area contributed by atoms with Gasteiger partial charge in [0.1, 0.15) is 11.4 Å². The number of amides is 1. The standard InChI is InChI=1S/C17H21N3O3/c1-12-4-5-16(22-3)15(10-12)20-7-6-14(18-20)17(21)19-8-9-23-11-13(19)2/h4-7,10,13H,8-9,11H2,1-3H3/t13-/m0/s1. The van der Waals surface area contributed by atoms with Crippen LogP contribution < -0.4 is 4.74 Å². The highest BCUT2D eigenvalue weighted by Gasteiger charge is 2.26. The van der Waals surface area contributed by atoms with E-state index in [9.17, 15) is 4.79 Å². The Labute approximate surface area is 135 Å². The minimum absolute atomic E-state index is 0.0637. The predicted molar refractivity (Wildman–Crippen MR) is 86.2 cm³/mol. The summed E-state index contributed by atoms with van der Waals surface area (Å²) in [7, 11) is 1.62. The first-order valence-corrected chi connectivity index (χ1v) is 7.69. The number of benzene rings is 1. The summed E-state index contributed by atoms with van der Waals surface area (Å²) in [6.45, 7) is 5.73. The van der Waals surface area contributed by atoms with Gasteiger partial charge in [-0.15, -0.1) is 0 Å². The summed E-state index contributed by atoms with van der Waals surface area (Å²) in [6.07, 6.45) is 1.79. The number of aromatic nitrogens is 2. The van der Waals surface area contributed by atoms with Gasteiger partial charge in [-0.3, -0.25) is 4.79 Å². The van der Waals surface area contributed by atoms with E-state index in [1.807, 2.05) is 36.9 Å². The number of carbonyl (C=O) groups excluding carboxylic acids is 1. The van der Waals surface area contributed by atoms with Gasteiger partial charge in [-0.05, 0) is 37.6 Å². The maximum Gasteiger partial charge on any atom is 0.274 e.